The van der Waals surface area contributed by atoms with E-state index < -0.39 is 0 Å². The fourth-order valence-corrected chi connectivity index (χ4v) is 3.78. The van der Waals surface area contributed by atoms with Crippen molar-refractivity contribution >= 4 is 29.1 Å². The van der Waals surface area contributed by atoms with Gasteiger partial charge in [-0.1, -0.05) is 12.1 Å². The Labute approximate surface area is 164 Å². The molecule has 6 nitrogen and oxygen atoms in total. The van der Waals surface area contributed by atoms with E-state index in [1.54, 1.807) is 53.4 Å². The quantitative estimate of drug-likeness (QED) is 0.889. The Balaban J connectivity index is 1.49. The van der Waals surface area contributed by atoms with Gasteiger partial charge in [-0.3, -0.25) is 14.4 Å². The Morgan fingerprint density at radius 2 is 1.57 bits per heavy atom. The molecule has 0 radical (unpaired) electrons. The second-order valence-electron chi connectivity index (χ2n) is 7.19. The van der Waals surface area contributed by atoms with Gasteiger partial charge in [0.2, 0.25) is 5.91 Å². The van der Waals surface area contributed by atoms with Crippen LogP contribution in [0.3, 0.4) is 0 Å². The summed E-state index contributed by atoms with van der Waals surface area (Å²) >= 11 is 0. The van der Waals surface area contributed by atoms with Crippen LogP contribution in [0, 0.1) is 0 Å². The summed E-state index contributed by atoms with van der Waals surface area (Å²) in [5.74, 6) is -0.205. The molecular formula is C22H23N3O3. The normalized spacial score (nSPS) is 16.5. The molecule has 0 aliphatic carbocycles. The van der Waals surface area contributed by atoms with E-state index in [1.165, 1.54) is 0 Å². The van der Waals surface area contributed by atoms with Crippen LogP contribution < -0.4 is 10.2 Å². The van der Waals surface area contributed by atoms with Crippen LogP contribution >= 0.6 is 0 Å². The van der Waals surface area contributed by atoms with Crippen molar-refractivity contribution in [2.75, 3.05) is 29.9 Å². The maximum atomic E-state index is 12.7. The molecule has 4 rings (SSSR count). The first-order chi connectivity index (χ1) is 13.6. The minimum absolute atomic E-state index is 0.0451. The topological polar surface area (TPSA) is 69.7 Å². The number of hydrogen-bond donors (Lipinski definition) is 1. The van der Waals surface area contributed by atoms with E-state index in [4.69, 9.17) is 0 Å². The zero-order valence-corrected chi connectivity index (χ0v) is 15.7. The zero-order valence-electron chi connectivity index (χ0n) is 15.7. The van der Waals surface area contributed by atoms with Gasteiger partial charge >= 0.3 is 0 Å². The number of para-hydroxylation sites is 1. The van der Waals surface area contributed by atoms with Crippen molar-refractivity contribution < 1.29 is 14.4 Å². The minimum atomic E-state index is -0.277. The van der Waals surface area contributed by atoms with Crippen LogP contribution in [0.5, 0.6) is 0 Å². The monoisotopic (exact) mass is 377 g/mol. The maximum Gasteiger partial charge on any atom is 0.255 e. The first-order valence-electron chi connectivity index (χ1n) is 9.73. The number of nitrogens with zero attached hydrogens (tertiary/aromatic N) is 2. The lowest BCUT2D eigenvalue weighted by Gasteiger charge is -2.18. The molecule has 2 saturated heterocycles. The van der Waals surface area contributed by atoms with E-state index in [1.807, 2.05) is 4.90 Å². The maximum absolute atomic E-state index is 12.7. The van der Waals surface area contributed by atoms with E-state index in [0.29, 0.717) is 23.2 Å². The minimum Gasteiger partial charge on any atom is -0.339 e. The molecule has 0 atom stereocenters. The van der Waals surface area contributed by atoms with Crippen LogP contribution in [0.2, 0.25) is 0 Å². The Morgan fingerprint density at radius 1 is 0.857 bits per heavy atom. The van der Waals surface area contributed by atoms with E-state index in [-0.39, 0.29) is 17.7 Å². The molecule has 2 heterocycles. The Bertz CT molecular complexity index is 901. The molecule has 3 amide bonds. The zero-order chi connectivity index (χ0) is 19.5. The second-order valence-corrected chi connectivity index (χ2v) is 7.19. The largest absolute Gasteiger partial charge is 0.339 e. The highest BCUT2D eigenvalue weighted by Gasteiger charge is 2.23. The molecule has 2 fully saturated rings. The van der Waals surface area contributed by atoms with E-state index in [0.717, 1.165) is 44.6 Å². The molecule has 2 aliphatic rings. The molecule has 0 unspecified atom stereocenters. The highest BCUT2D eigenvalue weighted by atomic mass is 16.2. The number of anilines is 2. The fraction of sp³-hybridized carbons (Fsp3) is 0.318. The number of amides is 3. The Morgan fingerprint density at radius 3 is 2.25 bits per heavy atom. The summed E-state index contributed by atoms with van der Waals surface area (Å²) in [5, 5.41) is 2.86. The molecule has 0 saturated carbocycles. The molecule has 6 heteroatoms. The van der Waals surface area contributed by atoms with Gasteiger partial charge in [-0.15, -0.1) is 0 Å². The molecular weight excluding hydrogens is 354 g/mol. The van der Waals surface area contributed by atoms with Gasteiger partial charge in [0, 0.05) is 37.3 Å². The fourth-order valence-electron chi connectivity index (χ4n) is 3.78. The highest BCUT2D eigenvalue weighted by Crippen LogP contribution is 2.23. The van der Waals surface area contributed by atoms with E-state index in [9.17, 15) is 14.4 Å². The summed E-state index contributed by atoms with van der Waals surface area (Å²) in [6.07, 6.45) is 3.48. The van der Waals surface area contributed by atoms with Crippen LogP contribution in [0.25, 0.3) is 0 Å². The number of rotatable bonds is 4. The molecule has 144 valence electrons. The van der Waals surface area contributed by atoms with Crippen LogP contribution in [-0.2, 0) is 4.79 Å². The summed E-state index contributed by atoms with van der Waals surface area (Å²) in [5.41, 5.74) is 2.32. The lowest BCUT2D eigenvalue weighted by Crippen LogP contribution is -2.28. The molecule has 0 bridgehead atoms. The van der Waals surface area contributed by atoms with Crippen LogP contribution in [0.4, 0.5) is 11.4 Å². The van der Waals surface area contributed by atoms with Gasteiger partial charge in [-0.05, 0) is 55.7 Å². The smallest absolute Gasteiger partial charge is 0.255 e. The summed E-state index contributed by atoms with van der Waals surface area (Å²) in [4.78, 5) is 40.9. The number of hydrogen-bond acceptors (Lipinski definition) is 3. The van der Waals surface area contributed by atoms with Crippen molar-refractivity contribution in [3.8, 4) is 0 Å². The summed E-state index contributed by atoms with van der Waals surface area (Å²) in [7, 11) is 0. The molecule has 2 aliphatic heterocycles. The SMILES string of the molecule is O=C(Nc1ccccc1C(=O)N1CCCC1)c1ccc(N2CCCC2=O)cc1. The van der Waals surface area contributed by atoms with Crippen LogP contribution in [0.1, 0.15) is 46.4 Å². The lowest BCUT2D eigenvalue weighted by atomic mass is 10.1. The number of carbonyl (C=O) groups excluding carboxylic acids is 3. The molecule has 2 aromatic rings. The van der Waals surface area contributed by atoms with Crippen LogP contribution in [-0.4, -0.2) is 42.3 Å². The average molecular weight is 377 g/mol. The van der Waals surface area contributed by atoms with Crippen LogP contribution in [0.15, 0.2) is 48.5 Å². The lowest BCUT2D eigenvalue weighted by molar-refractivity contribution is -0.117. The molecule has 0 spiro atoms. The highest BCUT2D eigenvalue weighted by molar-refractivity contribution is 6.09. The van der Waals surface area contributed by atoms with Crippen molar-refractivity contribution in [3.63, 3.8) is 0 Å². The molecule has 2 aromatic carbocycles. The predicted molar refractivity (Wildman–Crippen MR) is 108 cm³/mol. The van der Waals surface area contributed by atoms with E-state index >= 15 is 0 Å². The van der Waals surface area contributed by atoms with Crippen molar-refractivity contribution in [2.24, 2.45) is 0 Å². The average Bonchev–Trinajstić information content (AvgIpc) is 3.40. The second kappa shape index (κ2) is 7.84. The third-order valence-electron chi connectivity index (χ3n) is 5.31. The van der Waals surface area contributed by atoms with Gasteiger partial charge in [-0.25, -0.2) is 0 Å². The summed E-state index contributed by atoms with van der Waals surface area (Å²) in [6, 6.07) is 14.1. The van der Waals surface area contributed by atoms with Gasteiger partial charge < -0.3 is 15.1 Å². The number of likely N-dealkylation sites (tertiary alicyclic amines) is 1. The van der Waals surface area contributed by atoms with Crippen molar-refractivity contribution in [1.29, 1.82) is 0 Å². The van der Waals surface area contributed by atoms with Gasteiger partial charge in [0.1, 0.15) is 0 Å². The number of carbonyl (C=O) groups is 3. The van der Waals surface area contributed by atoms with E-state index in [2.05, 4.69) is 5.32 Å². The van der Waals surface area contributed by atoms with Crippen molar-refractivity contribution in [1.82, 2.24) is 4.90 Å². The molecule has 0 aromatic heterocycles. The third-order valence-corrected chi connectivity index (χ3v) is 5.31. The third kappa shape index (κ3) is 3.63. The summed E-state index contributed by atoms with van der Waals surface area (Å²) in [6.45, 7) is 2.24. The molecule has 28 heavy (non-hydrogen) atoms. The first-order valence-corrected chi connectivity index (χ1v) is 9.73. The number of nitrogens with one attached hydrogen (secondary N) is 1. The first kappa shape index (κ1) is 18.2. The Hall–Kier alpha value is -3.15. The number of benzene rings is 2. The van der Waals surface area contributed by atoms with Crippen molar-refractivity contribution in [2.45, 2.75) is 25.7 Å². The predicted octanol–water partition coefficient (Wildman–Crippen LogP) is 3.30. The van der Waals surface area contributed by atoms with Gasteiger partial charge in [-0.2, -0.15) is 0 Å². The van der Waals surface area contributed by atoms with Gasteiger partial charge in [0.25, 0.3) is 11.8 Å². The van der Waals surface area contributed by atoms with Crippen molar-refractivity contribution in [3.05, 3.63) is 59.7 Å². The van der Waals surface area contributed by atoms with Gasteiger partial charge in [0.15, 0.2) is 0 Å². The standard InChI is InChI=1S/C22H23N3O3/c26-20-8-5-15-25(20)17-11-9-16(10-12-17)21(27)23-19-7-2-1-6-18(19)22(28)24-13-3-4-14-24/h1-2,6-7,9-12H,3-5,8,13-15H2,(H,23,27). The summed E-state index contributed by atoms with van der Waals surface area (Å²) < 4.78 is 0. The van der Waals surface area contributed by atoms with Gasteiger partial charge in [0.05, 0.1) is 11.3 Å². The molecule has 1 N–H and O–H groups in total. The Kier molecular flexibility index (Phi) is 5.10.